The molecule has 0 amide bonds. The van der Waals surface area contributed by atoms with Crippen LogP contribution in [0.5, 0.6) is 0 Å². The first kappa shape index (κ1) is 36.1. The fourth-order valence-electron chi connectivity index (χ4n) is 0. The van der Waals surface area contributed by atoms with Crippen molar-refractivity contribution in [1.29, 1.82) is 0 Å². The summed E-state index contributed by atoms with van der Waals surface area (Å²) in [5.41, 5.74) is 0. The molecule has 0 saturated carbocycles. The van der Waals surface area contributed by atoms with Gasteiger partial charge >= 0.3 is 59.1 Å². The summed E-state index contributed by atoms with van der Waals surface area (Å²) in [5, 5.41) is 29.7. The molecule has 0 aromatic carbocycles. The van der Waals surface area contributed by atoms with Crippen LogP contribution in [0, 0.1) is 0 Å². The molecule has 4 N–H and O–H groups in total. The largest absolute Gasteiger partial charge is 1.00 e. The Balaban J connectivity index is -0.0000000150. The second-order valence-electron chi connectivity index (χ2n) is 2.08. The summed E-state index contributed by atoms with van der Waals surface area (Å²) >= 11 is 0. The van der Waals surface area contributed by atoms with Crippen LogP contribution in [0.1, 0.15) is 30.5 Å². The van der Waals surface area contributed by atoms with E-state index >= 15 is 0 Å². The zero-order chi connectivity index (χ0) is 14.3. The Kier molecular flexibility index (Phi) is 60.5. The SMILES string of the molecule is CC(=O)O.CC(=O)O.CC(=O)O.CC(=O)O.[H-].[H-].[Na+].[Na+]. The standard InChI is InChI=1S/4C2H4O2.2Na.2H/c4*1-2(3)4;;;;/h4*1H3,(H,3,4);;;;/q;;;;2*+1;2*-1. The Morgan fingerprint density at radius 3 is 0.556 bits per heavy atom. The molecule has 0 aliphatic carbocycles. The summed E-state index contributed by atoms with van der Waals surface area (Å²) in [6.07, 6.45) is 0. The number of carboxylic acid groups (broad SMARTS) is 4. The molecule has 0 radical (unpaired) electrons. The summed E-state index contributed by atoms with van der Waals surface area (Å²) < 4.78 is 0. The summed E-state index contributed by atoms with van der Waals surface area (Å²) in [6.45, 7) is 4.33. The molecule has 18 heavy (non-hydrogen) atoms. The zero-order valence-electron chi connectivity index (χ0n) is 13.4. The summed E-state index contributed by atoms with van der Waals surface area (Å²) in [5.74, 6) is -3.33. The van der Waals surface area contributed by atoms with Gasteiger partial charge in [-0.3, -0.25) is 19.2 Å². The first-order valence-electron chi connectivity index (χ1n) is 3.71. The molecule has 0 atom stereocenters. The van der Waals surface area contributed by atoms with E-state index in [9.17, 15) is 0 Å². The van der Waals surface area contributed by atoms with Gasteiger partial charge in [0.1, 0.15) is 0 Å². The van der Waals surface area contributed by atoms with E-state index in [4.69, 9.17) is 39.6 Å². The number of aliphatic carboxylic acids is 4. The van der Waals surface area contributed by atoms with Crippen LogP contribution in [-0.2, 0) is 19.2 Å². The molecule has 0 aromatic heterocycles. The van der Waals surface area contributed by atoms with Crippen molar-refractivity contribution in [3.8, 4) is 0 Å². The van der Waals surface area contributed by atoms with Gasteiger partial charge in [0, 0.05) is 27.7 Å². The fourth-order valence-corrected chi connectivity index (χ4v) is 0. The van der Waals surface area contributed by atoms with E-state index in [-0.39, 0.29) is 62.0 Å². The predicted molar refractivity (Wildman–Crippen MR) is 55.5 cm³/mol. The molecule has 0 fully saturated rings. The Labute approximate surface area is 152 Å². The van der Waals surface area contributed by atoms with Gasteiger partial charge in [-0.25, -0.2) is 0 Å². The molecular weight excluding hydrogens is 270 g/mol. The van der Waals surface area contributed by atoms with Crippen LogP contribution >= 0.6 is 0 Å². The Bertz CT molecular complexity index is 175. The van der Waals surface area contributed by atoms with E-state index in [2.05, 4.69) is 0 Å². The van der Waals surface area contributed by atoms with Gasteiger partial charge in [0.2, 0.25) is 0 Å². The molecule has 0 rings (SSSR count). The topological polar surface area (TPSA) is 149 Å². The van der Waals surface area contributed by atoms with Crippen molar-refractivity contribution in [1.82, 2.24) is 0 Å². The molecule has 0 spiro atoms. The fraction of sp³-hybridized carbons (Fsp3) is 0.500. The average Bonchev–Trinajstić information content (AvgIpc) is 1.76. The van der Waals surface area contributed by atoms with Crippen LogP contribution in [0.3, 0.4) is 0 Å². The molecule has 0 aliphatic rings. The van der Waals surface area contributed by atoms with E-state index in [1.165, 1.54) is 0 Å². The molecule has 8 nitrogen and oxygen atoms in total. The summed E-state index contributed by atoms with van der Waals surface area (Å²) in [6, 6.07) is 0. The number of carbonyl (C=O) groups is 4. The molecule has 0 unspecified atom stereocenters. The normalized spacial score (nSPS) is 5.56. The average molecular weight is 288 g/mol. The zero-order valence-corrected chi connectivity index (χ0v) is 15.4. The van der Waals surface area contributed by atoms with Crippen LogP contribution in [0.2, 0.25) is 0 Å². The van der Waals surface area contributed by atoms with E-state index in [1.54, 1.807) is 0 Å². The smallest absolute Gasteiger partial charge is 1.00 e. The van der Waals surface area contributed by atoms with Crippen molar-refractivity contribution in [2.75, 3.05) is 0 Å². The van der Waals surface area contributed by atoms with Crippen molar-refractivity contribution in [3.63, 3.8) is 0 Å². The maximum absolute atomic E-state index is 9.00. The van der Waals surface area contributed by atoms with E-state index < -0.39 is 23.9 Å². The van der Waals surface area contributed by atoms with Gasteiger partial charge in [0.05, 0.1) is 0 Å². The molecule has 0 saturated heterocycles. The van der Waals surface area contributed by atoms with Gasteiger partial charge in [-0.15, -0.1) is 0 Å². The number of hydrogen-bond acceptors (Lipinski definition) is 4. The maximum atomic E-state index is 9.00. The Morgan fingerprint density at radius 2 is 0.556 bits per heavy atom. The minimum Gasteiger partial charge on any atom is -1.00 e. The third-order valence-electron chi connectivity index (χ3n) is 0. The third kappa shape index (κ3) is 244000. The van der Waals surface area contributed by atoms with Crippen LogP contribution < -0.4 is 59.1 Å². The first-order valence-corrected chi connectivity index (χ1v) is 3.71. The van der Waals surface area contributed by atoms with Crippen molar-refractivity contribution in [2.45, 2.75) is 27.7 Å². The van der Waals surface area contributed by atoms with E-state index in [0.29, 0.717) is 0 Å². The van der Waals surface area contributed by atoms with Crippen LogP contribution in [0.4, 0.5) is 0 Å². The quantitative estimate of drug-likeness (QED) is 0.323. The van der Waals surface area contributed by atoms with Gasteiger partial charge in [-0.1, -0.05) is 0 Å². The van der Waals surface area contributed by atoms with Gasteiger partial charge in [-0.05, 0) is 0 Å². The molecule has 0 heterocycles. The molecule has 10 heteroatoms. The van der Waals surface area contributed by atoms with E-state index in [1.807, 2.05) is 0 Å². The van der Waals surface area contributed by atoms with Crippen LogP contribution in [-0.4, -0.2) is 44.3 Å². The number of hydrogen-bond donors (Lipinski definition) is 4. The van der Waals surface area contributed by atoms with Crippen LogP contribution in [0.15, 0.2) is 0 Å². The van der Waals surface area contributed by atoms with Gasteiger partial charge in [0.25, 0.3) is 23.9 Å². The molecular formula is C8H18Na2O8. The number of rotatable bonds is 0. The third-order valence-corrected chi connectivity index (χ3v) is 0. The Morgan fingerprint density at radius 1 is 0.556 bits per heavy atom. The maximum Gasteiger partial charge on any atom is 1.00 e. The van der Waals surface area contributed by atoms with Gasteiger partial charge in [0.15, 0.2) is 0 Å². The van der Waals surface area contributed by atoms with Crippen molar-refractivity contribution < 1.29 is 102 Å². The van der Waals surface area contributed by atoms with Crippen LogP contribution in [0.25, 0.3) is 0 Å². The second kappa shape index (κ2) is 30.2. The monoisotopic (exact) mass is 288 g/mol. The second-order valence-corrected chi connectivity index (χ2v) is 2.08. The van der Waals surface area contributed by atoms with Gasteiger partial charge in [-0.2, -0.15) is 0 Å². The van der Waals surface area contributed by atoms with Crippen molar-refractivity contribution >= 4 is 23.9 Å². The summed E-state index contributed by atoms with van der Waals surface area (Å²) in [7, 11) is 0. The number of carboxylic acids is 4. The summed E-state index contributed by atoms with van der Waals surface area (Å²) in [4.78, 5) is 36.0. The van der Waals surface area contributed by atoms with Crippen molar-refractivity contribution in [2.24, 2.45) is 0 Å². The molecule has 100 valence electrons. The molecule has 0 aromatic rings. The molecule has 0 bridgehead atoms. The van der Waals surface area contributed by atoms with E-state index in [0.717, 1.165) is 27.7 Å². The first-order chi connectivity index (χ1) is 6.93. The minimum atomic E-state index is -0.833. The predicted octanol–water partition coefficient (Wildman–Crippen LogP) is -5.40. The Hall–Kier alpha value is -0.120. The molecule has 0 aliphatic heterocycles. The van der Waals surface area contributed by atoms with Gasteiger partial charge < -0.3 is 23.3 Å². The van der Waals surface area contributed by atoms with Crippen molar-refractivity contribution in [3.05, 3.63) is 0 Å². The minimum absolute atomic E-state index is 0.